The monoisotopic (exact) mass is 408 g/mol. The van der Waals surface area contributed by atoms with Crippen molar-refractivity contribution in [2.75, 3.05) is 0 Å². The van der Waals surface area contributed by atoms with Crippen LogP contribution in [0.15, 0.2) is 0 Å². The van der Waals surface area contributed by atoms with Gasteiger partial charge in [0.05, 0.1) is 0 Å². The van der Waals surface area contributed by atoms with Crippen molar-refractivity contribution in [3.8, 4) is 0 Å². The molecule has 0 aliphatic carbocycles. The minimum absolute atomic E-state index is 0. The Morgan fingerprint density at radius 2 is 1.67 bits per heavy atom. The van der Waals surface area contributed by atoms with Gasteiger partial charge in [0, 0.05) is 27.3 Å². The van der Waals surface area contributed by atoms with E-state index >= 15 is 0 Å². The first-order valence-electron chi connectivity index (χ1n) is 0.805. The Morgan fingerprint density at radius 1 is 1.50 bits per heavy atom. The van der Waals surface area contributed by atoms with Crippen molar-refractivity contribution in [2.24, 2.45) is 0 Å². The summed E-state index contributed by atoms with van der Waals surface area (Å²) in [7, 11) is 0. The van der Waals surface area contributed by atoms with Gasteiger partial charge in [-0.1, -0.05) is 0 Å². The van der Waals surface area contributed by atoms with E-state index in [-0.39, 0.29) is 50.4 Å². The molecule has 26 valence electrons. The normalized spacial score (nSPS) is 2.67. The topological polar surface area (TPSA) is 34.1 Å². The average Bonchev–Trinajstić information content (AvgIpc) is 1.37. The summed E-state index contributed by atoms with van der Waals surface area (Å²) in [4.78, 5) is 0. The molecule has 0 amide bonds. The summed E-state index contributed by atoms with van der Waals surface area (Å²) in [5.74, 6) is 0. The Morgan fingerprint density at radius 3 is 1.67 bits per heavy atom. The fourth-order valence-electron chi connectivity index (χ4n) is 0. The van der Waals surface area contributed by atoms with Crippen LogP contribution in [0.3, 0.4) is 0 Å². The van der Waals surface area contributed by atoms with Crippen molar-refractivity contribution in [3.05, 3.63) is 0 Å². The molecule has 0 aromatic rings. The molecule has 0 aliphatic rings. The molecule has 0 fully saturated rings. The average molecular weight is 405 g/mol. The molecule has 0 heterocycles. The quantitative estimate of drug-likeness (QED) is 0.465. The van der Waals surface area contributed by atoms with E-state index in [2.05, 4.69) is 0 Å². The second-order valence-corrected chi connectivity index (χ2v) is 12.2. The van der Waals surface area contributed by atoms with E-state index in [1.165, 1.54) is 0 Å². The molecule has 2 nitrogen and oxygen atoms in total. The van der Waals surface area contributed by atoms with Gasteiger partial charge >= 0.3 is 64.4 Å². The van der Waals surface area contributed by atoms with Gasteiger partial charge < -0.3 is 0 Å². The molecule has 0 atom stereocenters. The predicted octanol–water partition coefficient (Wildman–Crippen LogP) is -2.19. The summed E-state index contributed by atoms with van der Waals surface area (Å²) in [5.41, 5.74) is 0. The third kappa shape index (κ3) is 15.8. The van der Waals surface area contributed by atoms with E-state index in [9.17, 15) is 5.93 Å². The van der Waals surface area contributed by atoms with E-state index in [1.54, 1.807) is 0 Å². The van der Waals surface area contributed by atoms with Crippen LogP contribution in [0, 0.1) is 0 Å². The molecule has 0 saturated carbocycles. The van der Waals surface area contributed by atoms with Crippen molar-refractivity contribution in [2.45, 2.75) is 0 Å². The summed E-state index contributed by atoms with van der Waals surface area (Å²) in [6.07, 6.45) is 0. The first kappa shape index (κ1) is 16.0. The zero-order valence-corrected chi connectivity index (χ0v) is 13.3. The number of hydrogen-bond acceptors (Lipinski definition) is 2. The molecule has 0 rings (SSSR count). The molecule has 0 aliphatic heterocycles. The van der Waals surface area contributed by atoms with Gasteiger partial charge in [-0.2, -0.15) is 0 Å². The van der Waals surface area contributed by atoms with Crippen LogP contribution < -0.4 is 0 Å². The van der Waals surface area contributed by atoms with Crippen LogP contribution in [0.25, 0.3) is 0 Å². The van der Waals surface area contributed by atoms with Gasteiger partial charge in [-0.25, -0.2) is 0 Å². The Balaban J connectivity index is -0.0000000450. The third-order valence-electron chi connectivity index (χ3n) is 0.0556. The second kappa shape index (κ2) is 15.7. The summed E-state index contributed by atoms with van der Waals surface area (Å²) < 4.78 is 18.5. The minimum atomic E-state index is -1.52. The van der Waals surface area contributed by atoms with Gasteiger partial charge in [-0.15, -0.1) is 0 Å². The zero-order valence-electron chi connectivity index (χ0n) is 2.68. The molecule has 0 radical (unpaired) electrons. The van der Waals surface area contributed by atoms with Crippen molar-refractivity contribution in [1.29, 1.82) is 0 Å². The standard InChI is InChI=1S/Cd.In.Mg.2O.Sn.3H. The van der Waals surface area contributed by atoms with E-state index in [0.717, 1.165) is 0 Å². The van der Waals surface area contributed by atoms with Crippen LogP contribution in [-0.2, 0) is 33.2 Å². The van der Waals surface area contributed by atoms with E-state index < -0.39 is 35.5 Å². The molecule has 0 spiro atoms. The molecular formula is H3CdInMgO2Sn. The SMILES string of the molecule is [Cd].[MgH2].[O]=[In][SnH]=[O]. The van der Waals surface area contributed by atoms with E-state index in [4.69, 9.17) is 0 Å². The van der Waals surface area contributed by atoms with Gasteiger partial charge in [0.2, 0.25) is 0 Å². The van der Waals surface area contributed by atoms with Gasteiger partial charge in [0.1, 0.15) is 0 Å². The summed E-state index contributed by atoms with van der Waals surface area (Å²) in [5, 5.41) is 0. The molecule has 0 unspecified atom stereocenters. The zero-order chi connectivity index (χ0) is 3.41. The molecule has 0 bridgehead atoms. The summed E-state index contributed by atoms with van der Waals surface area (Å²) in [6.45, 7) is 0. The van der Waals surface area contributed by atoms with Crippen LogP contribution in [0.1, 0.15) is 0 Å². The van der Waals surface area contributed by atoms with E-state index in [1.807, 2.05) is 0 Å². The van der Waals surface area contributed by atoms with Gasteiger partial charge in [-0.05, 0) is 0 Å². The third-order valence-corrected chi connectivity index (χ3v) is 2.50. The van der Waals surface area contributed by atoms with Gasteiger partial charge in [-0.3, -0.25) is 0 Å². The molecule has 0 aromatic carbocycles. The summed E-state index contributed by atoms with van der Waals surface area (Å²) >= 11 is -3.04. The Labute approximate surface area is 89.6 Å². The molecule has 0 N–H and O–H groups in total. The molecule has 0 aromatic heterocycles. The van der Waals surface area contributed by atoms with Crippen LogP contribution in [0.4, 0.5) is 0 Å². The van der Waals surface area contributed by atoms with Crippen molar-refractivity contribution >= 4 is 58.5 Å². The van der Waals surface area contributed by atoms with Crippen LogP contribution in [0.2, 0.25) is 0 Å². The number of rotatable bonds is 1. The first-order chi connectivity index (χ1) is 1.91. The van der Waals surface area contributed by atoms with Crippen LogP contribution >= 0.6 is 0 Å². The maximum atomic E-state index is 9.26. The van der Waals surface area contributed by atoms with Crippen molar-refractivity contribution < 1.29 is 33.2 Å². The fourth-order valence-corrected chi connectivity index (χ4v) is 0. The first-order valence-corrected chi connectivity index (χ1v) is 18.2. The predicted molar refractivity (Wildman–Crippen MR) is 22.8 cm³/mol. The van der Waals surface area contributed by atoms with Crippen molar-refractivity contribution in [1.82, 2.24) is 0 Å². The fraction of sp³-hybridized carbons (Fsp3) is 0. The molecular weight excluding hydrogens is 402 g/mol. The van der Waals surface area contributed by atoms with Crippen LogP contribution in [0.5, 0.6) is 0 Å². The van der Waals surface area contributed by atoms with Gasteiger partial charge in [0.15, 0.2) is 0 Å². The van der Waals surface area contributed by atoms with Gasteiger partial charge in [0.25, 0.3) is 0 Å². The molecule has 6 heavy (non-hydrogen) atoms. The Hall–Kier alpha value is 2.96. The Bertz CT molecular complexity index is 34.5. The van der Waals surface area contributed by atoms with Crippen molar-refractivity contribution in [3.63, 3.8) is 0 Å². The summed E-state index contributed by atoms with van der Waals surface area (Å²) in [6, 6.07) is 0. The van der Waals surface area contributed by atoms with E-state index in [0.29, 0.717) is 0 Å². The second-order valence-electron chi connectivity index (χ2n) is 0.272. The molecule has 0 saturated heterocycles. The Kier molecular flexibility index (Phi) is 41.7. The maximum absolute atomic E-state index is 9.26. The molecule has 6 heteroatoms. The van der Waals surface area contributed by atoms with Crippen LogP contribution in [-0.4, -0.2) is 58.5 Å². The number of hydrogen-bond donors (Lipinski definition) is 0.